The smallest absolute Gasteiger partial charge is 0.367 e. The lowest BCUT2D eigenvalue weighted by atomic mass is 10.2. The summed E-state index contributed by atoms with van der Waals surface area (Å²) in [5.74, 6) is -2.88. The van der Waals surface area contributed by atoms with Gasteiger partial charge in [-0.2, -0.15) is 0 Å². The molecule has 2 N–H and O–H groups in total. The fourth-order valence-electron chi connectivity index (χ4n) is 2.57. The number of rotatable bonds is 3. The Labute approximate surface area is 143 Å². The lowest BCUT2D eigenvalue weighted by molar-refractivity contribution is -0.139. The number of benzene rings is 1. The lowest BCUT2D eigenvalue weighted by Gasteiger charge is -2.25. The first-order chi connectivity index (χ1) is 11.8. The van der Waals surface area contributed by atoms with Crippen molar-refractivity contribution >= 4 is 28.9 Å². The fraction of sp³-hybridized carbons (Fsp3) is 0.200. The maximum absolute atomic E-state index is 12.7. The Morgan fingerprint density at radius 2 is 1.92 bits per heavy atom. The second kappa shape index (κ2) is 6.22. The van der Waals surface area contributed by atoms with Crippen LogP contribution in [0.15, 0.2) is 44.8 Å². The minimum atomic E-state index is -2.42. The van der Waals surface area contributed by atoms with E-state index >= 15 is 0 Å². The Morgan fingerprint density at radius 1 is 1.28 bits per heavy atom. The molecule has 1 aliphatic heterocycles. The number of carboxylic acids is 1. The molecule has 25 heavy (non-hydrogen) atoms. The van der Waals surface area contributed by atoms with E-state index in [9.17, 15) is 23.7 Å². The predicted molar refractivity (Wildman–Crippen MR) is 87.9 cm³/mol. The number of hydrogen-bond acceptors (Lipinski definition) is 5. The highest BCUT2D eigenvalue weighted by atomic mass is 32.2. The van der Waals surface area contributed by atoms with Crippen molar-refractivity contribution in [3.63, 3.8) is 0 Å². The molecule has 130 valence electrons. The number of aliphatic carboxylic acids is 1. The van der Waals surface area contributed by atoms with Gasteiger partial charge in [0.05, 0.1) is 6.54 Å². The molecule has 0 saturated heterocycles. The van der Waals surface area contributed by atoms with Crippen molar-refractivity contribution in [2.24, 2.45) is 7.05 Å². The van der Waals surface area contributed by atoms with Gasteiger partial charge in [0.25, 0.3) is 16.1 Å². The van der Waals surface area contributed by atoms with E-state index in [4.69, 9.17) is 5.11 Å². The summed E-state index contributed by atoms with van der Waals surface area (Å²) in [5, 5.41) is 9.39. The third kappa shape index (κ3) is 2.75. The summed E-state index contributed by atoms with van der Waals surface area (Å²) in [6.07, 6.45) is 0. The number of nitrogens with zero attached hydrogens (tertiary/aromatic N) is 2. The number of fused-ring (bicyclic) bond motifs is 1. The van der Waals surface area contributed by atoms with Gasteiger partial charge in [0, 0.05) is 18.2 Å². The normalized spacial score (nSPS) is 19.2. The van der Waals surface area contributed by atoms with E-state index in [1.807, 2.05) is 0 Å². The van der Waals surface area contributed by atoms with Gasteiger partial charge in [0.2, 0.25) is 0 Å². The molecule has 0 spiro atoms. The van der Waals surface area contributed by atoms with Crippen molar-refractivity contribution in [2.45, 2.75) is 16.7 Å². The summed E-state index contributed by atoms with van der Waals surface area (Å²) in [5.41, 5.74) is -0.924. The van der Waals surface area contributed by atoms with Crippen molar-refractivity contribution in [3.8, 4) is 0 Å². The van der Waals surface area contributed by atoms with Crippen molar-refractivity contribution in [2.75, 3.05) is 5.32 Å². The van der Waals surface area contributed by atoms with Crippen molar-refractivity contribution in [1.29, 1.82) is 0 Å². The van der Waals surface area contributed by atoms with Crippen LogP contribution in [0.3, 0.4) is 0 Å². The monoisotopic (exact) mass is 363 g/mol. The number of hydrogen-bond donors (Lipinski definition) is 2. The molecule has 9 nitrogen and oxygen atoms in total. The number of anilines is 1. The van der Waals surface area contributed by atoms with Crippen LogP contribution in [-0.4, -0.2) is 35.9 Å². The Hall–Kier alpha value is -2.85. The third-order valence-electron chi connectivity index (χ3n) is 3.81. The van der Waals surface area contributed by atoms with Crippen LogP contribution in [0.2, 0.25) is 0 Å². The molecule has 1 amide bonds. The van der Waals surface area contributed by atoms with E-state index in [2.05, 4.69) is 5.32 Å². The van der Waals surface area contributed by atoms with Crippen LogP contribution >= 0.6 is 0 Å². The van der Waals surface area contributed by atoms with Gasteiger partial charge in [-0.25, -0.2) is 9.59 Å². The van der Waals surface area contributed by atoms with Crippen LogP contribution in [0.1, 0.15) is 5.56 Å². The fourth-order valence-corrected chi connectivity index (χ4v) is 3.90. The minimum absolute atomic E-state index is 0.0670. The maximum Gasteiger partial charge on any atom is 0.367 e. The Kier molecular flexibility index (Phi) is 4.23. The zero-order valence-corrected chi connectivity index (χ0v) is 13.8. The molecule has 1 aromatic carbocycles. The first-order valence-corrected chi connectivity index (χ1v) is 8.36. The highest BCUT2D eigenvalue weighted by Crippen LogP contribution is 2.26. The Balaban J connectivity index is 2.21. The van der Waals surface area contributed by atoms with Gasteiger partial charge in [-0.05, 0) is 5.56 Å². The summed E-state index contributed by atoms with van der Waals surface area (Å²) in [7, 11) is 1.31. The molecule has 1 aromatic heterocycles. The minimum Gasteiger partial charge on any atom is -0.610 e. The number of nitrogens with one attached hydrogen (secondary N) is 1. The molecule has 0 bridgehead atoms. The zero-order valence-electron chi connectivity index (χ0n) is 13.0. The molecule has 3 rings (SSSR count). The molecule has 2 aromatic rings. The van der Waals surface area contributed by atoms with Crippen LogP contribution < -0.4 is 16.6 Å². The van der Waals surface area contributed by atoms with Gasteiger partial charge in [-0.1, -0.05) is 30.3 Å². The van der Waals surface area contributed by atoms with Crippen LogP contribution in [0.5, 0.6) is 0 Å². The quantitative estimate of drug-likeness (QED) is 0.537. The molecule has 2 atom stereocenters. The Morgan fingerprint density at radius 3 is 2.52 bits per heavy atom. The lowest BCUT2D eigenvalue weighted by Crippen LogP contribution is -2.52. The van der Waals surface area contributed by atoms with Crippen LogP contribution in [0.25, 0.3) is 0 Å². The van der Waals surface area contributed by atoms with Gasteiger partial charge in [0.1, 0.15) is 0 Å². The highest BCUT2D eigenvalue weighted by molar-refractivity contribution is 7.93. The number of amides is 1. The molecule has 2 heterocycles. The number of aromatic nitrogens is 2. The molecule has 1 aliphatic rings. The van der Waals surface area contributed by atoms with Gasteiger partial charge in [-0.3, -0.25) is 18.7 Å². The van der Waals surface area contributed by atoms with Crippen LogP contribution in [0, 0.1) is 0 Å². The average molecular weight is 363 g/mol. The first-order valence-electron chi connectivity index (χ1n) is 7.15. The van der Waals surface area contributed by atoms with Crippen LogP contribution in [-0.2, 0) is 34.4 Å². The van der Waals surface area contributed by atoms with Gasteiger partial charge < -0.3 is 15.0 Å². The molecule has 0 saturated carbocycles. The number of carbonyl (C=O) groups is 2. The summed E-state index contributed by atoms with van der Waals surface area (Å²) in [6, 6.07) is 8.68. The molecule has 0 fully saturated rings. The van der Waals surface area contributed by atoms with Crippen molar-refractivity contribution in [1.82, 2.24) is 9.13 Å². The molecule has 0 radical (unpaired) electrons. The molecule has 10 heteroatoms. The zero-order chi connectivity index (χ0) is 18.3. The van der Waals surface area contributed by atoms with E-state index in [1.54, 1.807) is 30.3 Å². The second-order valence-corrected chi connectivity index (χ2v) is 6.88. The topological polar surface area (TPSA) is 133 Å². The molecular weight excluding hydrogens is 350 g/mol. The second-order valence-electron chi connectivity index (χ2n) is 5.40. The van der Waals surface area contributed by atoms with E-state index in [1.165, 1.54) is 7.05 Å². The van der Waals surface area contributed by atoms with Crippen LogP contribution in [0.4, 0.5) is 5.82 Å². The summed E-state index contributed by atoms with van der Waals surface area (Å²) >= 11 is -2.42. The summed E-state index contributed by atoms with van der Waals surface area (Å²) < 4.78 is 14.3. The summed E-state index contributed by atoms with van der Waals surface area (Å²) in [6.45, 7) is -0.0670. The number of carboxylic acid groups (broad SMARTS) is 1. The SMILES string of the molecule is Cn1c2c(c(=O)n(Cc3ccccc3)c1=O)[S+]([O-])C(C(=O)O)C(=O)N2. The third-order valence-corrected chi connectivity index (χ3v) is 5.42. The van der Waals surface area contributed by atoms with E-state index in [-0.39, 0.29) is 12.4 Å². The predicted octanol–water partition coefficient (Wildman–Crippen LogP) is -0.892. The molecular formula is C15H13N3O6S. The average Bonchev–Trinajstić information content (AvgIpc) is 2.57. The van der Waals surface area contributed by atoms with E-state index in [0.29, 0.717) is 5.56 Å². The first kappa shape index (κ1) is 17.0. The van der Waals surface area contributed by atoms with E-state index in [0.717, 1.165) is 9.13 Å². The Bertz CT molecular complexity index is 981. The molecule has 0 aliphatic carbocycles. The van der Waals surface area contributed by atoms with Crippen molar-refractivity contribution < 1.29 is 19.2 Å². The number of carbonyl (C=O) groups excluding carboxylic acids is 1. The van der Waals surface area contributed by atoms with Gasteiger partial charge in [-0.15, -0.1) is 0 Å². The highest BCUT2D eigenvalue weighted by Gasteiger charge is 2.48. The van der Waals surface area contributed by atoms with E-state index < -0.39 is 44.4 Å². The molecule has 2 unspecified atom stereocenters. The largest absolute Gasteiger partial charge is 0.610 e. The summed E-state index contributed by atoms with van der Waals surface area (Å²) in [4.78, 5) is 47.8. The van der Waals surface area contributed by atoms with Crippen molar-refractivity contribution in [3.05, 3.63) is 56.7 Å². The standard InChI is InChI=1S/C15H13N3O6S/c1-17-11-9(25(24)10(14(21)22)12(19)16-11)13(20)18(15(17)23)7-8-5-3-2-4-6-8/h2-6,10H,7H2,1H3,(H,16,19)(H,21,22). The van der Waals surface area contributed by atoms with Gasteiger partial charge >= 0.3 is 17.2 Å². The van der Waals surface area contributed by atoms with Gasteiger partial charge in [0.15, 0.2) is 5.82 Å². The maximum atomic E-state index is 12.7.